The highest BCUT2D eigenvalue weighted by Crippen LogP contribution is 2.25. The molecular weight excluding hydrogens is 241 g/mol. The van der Waals surface area contributed by atoms with Crippen LogP contribution in [-0.2, 0) is 0 Å². The molecule has 88 valence electrons. The minimum atomic E-state index is -0.497. The Bertz CT molecular complexity index is 531. The summed E-state index contributed by atoms with van der Waals surface area (Å²) in [6.45, 7) is 2.70. The molecule has 0 unspecified atom stereocenters. The van der Waals surface area contributed by atoms with Crippen LogP contribution >= 0.6 is 11.6 Å². The predicted octanol–water partition coefficient (Wildman–Crippen LogP) is 3.37. The molecule has 0 aliphatic rings. The quantitative estimate of drug-likeness (QED) is 0.909. The molecule has 1 N–H and O–H groups in total. The van der Waals surface area contributed by atoms with Crippen molar-refractivity contribution in [3.63, 3.8) is 0 Å². The van der Waals surface area contributed by atoms with Crippen LogP contribution in [0.5, 0.6) is 0 Å². The predicted molar refractivity (Wildman–Crippen MR) is 66.6 cm³/mol. The molecule has 0 spiro atoms. The maximum Gasteiger partial charge on any atom is 0.164 e. The summed E-state index contributed by atoms with van der Waals surface area (Å²) in [5.74, 6) is 0.489. The van der Waals surface area contributed by atoms with Gasteiger partial charge in [0.2, 0.25) is 0 Å². The third-order valence-corrected chi connectivity index (χ3v) is 2.50. The van der Waals surface area contributed by atoms with E-state index >= 15 is 0 Å². The van der Waals surface area contributed by atoms with Gasteiger partial charge in [-0.2, -0.15) is 0 Å². The summed E-state index contributed by atoms with van der Waals surface area (Å²) in [4.78, 5) is 8.26. The topological polar surface area (TPSA) is 37.8 Å². The van der Waals surface area contributed by atoms with Crippen LogP contribution in [0.15, 0.2) is 30.5 Å². The largest absolute Gasteiger partial charge is 0.370 e. The van der Waals surface area contributed by atoms with Gasteiger partial charge in [0.05, 0.1) is 10.6 Å². The second-order valence-electron chi connectivity index (χ2n) is 3.40. The third kappa shape index (κ3) is 2.53. The maximum atomic E-state index is 13.8. The first-order chi connectivity index (χ1) is 8.22. The van der Waals surface area contributed by atoms with Crippen molar-refractivity contribution in [1.82, 2.24) is 9.97 Å². The van der Waals surface area contributed by atoms with Crippen LogP contribution in [0.25, 0.3) is 11.4 Å². The smallest absolute Gasteiger partial charge is 0.164 e. The van der Waals surface area contributed by atoms with Gasteiger partial charge in [0, 0.05) is 12.7 Å². The zero-order valence-electron chi connectivity index (χ0n) is 9.24. The SMILES string of the molecule is CCNc1ccnc(-c2cccc(Cl)c2F)n1. The molecule has 2 aromatic rings. The van der Waals surface area contributed by atoms with Gasteiger partial charge in [-0.3, -0.25) is 0 Å². The van der Waals surface area contributed by atoms with Crippen LogP contribution in [0.4, 0.5) is 10.2 Å². The van der Waals surface area contributed by atoms with Crippen molar-refractivity contribution < 1.29 is 4.39 Å². The Morgan fingerprint density at radius 2 is 2.18 bits per heavy atom. The Morgan fingerprint density at radius 1 is 1.35 bits per heavy atom. The second-order valence-corrected chi connectivity index (χ2v) is 3.80. The summed E-state index contributed by atoms with van der Waals surface area (Å²) in [7, 11) is 0. The minimum Gasteiger partial charge on any atom is -0.370 e. The van der Waals surface area contributed by atoms with Crippen molar-refractivity contribution in [1.29, 1.82) is 0 Å². The van der Waals surface area contributed by atoms with E-state index in [0.717, 1.165) is 6.54 Å². The molecule has 1 heterocycles. The first kappa shape index (κ1) is 11.8. The molecule has 0 amide bonds. The molecule has 0 radical (unpaired) electrons. The van der Waals surface area contributed by atoms with Gasteiger partial charge in [-0.25, -0.2) is 14.4 Å². The number of anilines is 1. The third-order valence-electron chi connectivity index (χ3n) is 2.21. The van der Waals surface area contributed by atoms with Crippen LogP contribution in [0.1, 0.15) is 6.92 Å². The van der Waals surface area contributed by atoms with E-state index in [2.05, 4.69) is 15.3 Å². The molecule has 0 fully saturated rings. The van der Waals surface area contributed by atoms with Crippen molar-refractivity contribution in [3.8, 4) is 11.4 Å². The van der Waals surface area contributed by atoms with Gasteiger partial charge in [0.15, 0.2) is 11.6 Å². The number of rotatable bonds is 3. The van der Waals surface area contributed by atoms with Gasteiger partial charge >= 0.3 is 0 Å². The van der Waals surface area contributed by atoms with E-state index in [1.165, 1.54) is 6.07 Å². The summed E-state index contributed by atoms with van der Waals surface area (Å²) in [6, 6.07) is 6.50. The average Bonchev–Trinajstić information content (AvgIpc) is 2.33. The summed E-state index contributed by atoms with van der Waals surface area (Å²) < 4.78 is 13.8. The lowest BCUT2D eigenvalue weighted by molar-refractivity contribution is 0.630. The highest BCUT2D eigenvalue weighted by molar-refractivity contribution is 6.31. The number of nitrogens with one attached hydrogen (secondary N) is 1. The Morgan fingerprint density at radius 3 is 2.94 bits per heavy atom. The first-order valence-electron chi connectivity index (χ1n) is 5.23. The Balaban J connectivity index is 2.45. The van der Waals surface area contributed by atoms with Crippen molar-refractivity contribution >= 4 is 17.4 Å². The molecular formula is C12H11ClFN3. The van der Waals surface area contributed by atoms with Gasteiger partial charge in [-0.05, 0) is 25.1 Å². The molecule has 1 aromatic carbocycles. The van der Waals surface area contributed by atoms with E-state index in [1.54, 1.807) is 24.4 Å². The molecule has 0 saturated carbocycles. The summed E-state index contributed by atoms with van der Waals surface area (Å²) in [6.07, 6.45) is 1.58. The van der Waals surface area contributed by atoms with Gasteiger partial charge in [-0.15, -0.1) is 0 Å². The lowest BCUT2D eigenvalue weighted by Crippen LogP contribution is -2.01. The van der Waals surface area contributed by atoms with E-state index in [-0.39, 0.29) is 5.02 Å². The Hall–Kier alpha value is -1.68. The normalized spacial score (nSPS) is 10.3. The minimum absolute atomic E-state index is 0.0694. The molecule has 2 rings (SSSR count). The highest BCUT2D eigenvalue weighted by Gasteiger charge is 2.11. The van der Waals surface area contributed by atoms with Gasteiger partial charge < -0.3 is 5.32 Å². The zero-order chi connectivity index (χ0) is 12.3. The molecule has 1 aromatic heterocycles. The highest BCUT2D eigenvalue weighted by atomic mass is 35.5. The summed E-state index contributed by atoms with van der Waals surface area (Å²) in [5.41, 5.74) is 0.303. The molecule has 5 heteroatoms. The lowest BCUT2D eigenvalue weighted by Gasteiger charge is -2.06. The fourth-order valence-electron chi connectivity index (χ4n) is 1.44. The zero-order valence-corrected chi connectivity index (χ0v) is 10.0. The molecule has 0 bridgehead atoms. The second kappa shape index (κ2) is 5.10. The van der Waals surface area contributed by atoms with Crippen molar-refractivity contribution in [2.75, 3.05) is 11.9 Å². The number of benzene rings is 1. The van der Waals surface area contributed by atoms with Crippen LogP contribution < -0.4 is 5.32 Å². The first-order valence-corrected chi connectivity index (χ1v) is 5.61. The van der Waals surface area contributed by atoms with Crippen molar-refractivity contribution in [2.24, 2.45) is 0 Å². The van der Waals surface area contributed by atoms with Crippen LogP contribution in [-0.4, -0.2) is 16.5 Å². The molecule has 0 aliphatic heterocycles. The fraction of sp³-hybridized carbons (Fsp3) is 0.167. The van der Waals surface area contributed by atoms with E-state index in [1.807, 2.05) is 6.92 Å². The molecule has 0 saturated heterocycles. The molecule has 0 aliphatic carbocycles. The van der Waals surface area contributed by atoms with Crippen LogP contribution in [0, 0.1) is 5.82 Å². The molecule has 3 nitrogen and oxygen atoms in total. The van der Waals surface area contributed by atoms with Crippen LogP contribution in [0.3, 0.4) is 0 Å². The fourth-order valence-corrected chi connectivity index (χ4v) is 1.62. The van der Waals surface area contributed by atoms with Gasteiger partial charge in [0.25, 0.3) is 0 Å². The number of hydrogen-bond donors (Lipinski definition) is 1. The molecule has 17 heavy (non-hydrogen) atoms. The Kier molecular flexibility index (Phi) is 3.54. The van der Waals surface area contributed by atoms with E-state index in [4.69, 9.17) is 11.6 Å². The van der Waals surface area contributed by atoms with Crippen molar-refractivity contribution in [3.05, 3.63) is 41.3 Å². The van der Waals surface area contributed by atoms with Gasteiger partial charge in [0.1, 0.15) is 5.82 Å². The standard InChI is InChI=1S/C12H11ClFN3/c1-2-15-10-6-7-16-12(17-10)8-4-3-5-9(13)11(8)14/h3-7H,2H2,1H3,(H,15,16,17). The van der Waals surface area contributed by atoms with E-state index in [9.17, 15) is 4.39 Å². The monoisotopic (exact) mass is 251 g/mol. The van der Waals surface area contributed by atoms with E-state index < -0.39 is 5.82 Å². The van der Waals surface area contributed by atoms with Gasteiger partial charge in [-0.1, -0.05) is 17.7 Å². The maximum absolute atomic E-state index is 13.8. The van der Waals surface area contributed by atoms with Crippen molar-refractivity contribution in [2.45, 2.75) is 6.92 Å². The summed E-state index contributed by atoms with van der Waals surface area (Å²) in [5, 5.41) is 3.11. The van der Waals surface area contributed by atoms with Crippen LogP contribution in [0.2, 0.25) is 5.02 Å². The Labute approximate surface area is 104 Å². The number of halogens is 2. The number of aromatic nitrogens is 2. The number of nitrogens with zero attached hydrogens (tertiary/aromatic N) is 2. The molecule has 0 atom stereocenters. The lowest BCUT2D eigenvalue weighted by atomic mass is 10.2. The number of hydrogen-bond acceptors (Lipinski definition) is 3. The summed E-state index contributed by atoms with van der Waals surface area (Å²) >= 11 is 5.72. The van der Waals surface area contributed by atoms with E-state index in [0.29, 0.717) is 17.2 Å². The average molecular weight is 252 g/mol.